The van der Waals surface area contributed by atoms with Gasteiger partial charge >= 0.3 is 6.03 Å². The molecule has 1 heterocycles. The molecule has 0 spiro atoms. The molecule has 0 saturated carbocycles. The molecule has 0 bridgehead atoms. The topological polar surface area (TPSA) is 35.6 Å². The number of hydrogen-bond donors (Lipinski definition) is 1. The van der Waals surface area contributed by atoms with E-state index in [0.29, 0.717) is 24.6 Å². The molecule has 128 valence electrons. The van der Waals surface area contributed by atoms with Crippen molar-refractivity contribution in [2.24, 2.45) is 0 Å². The molecular formula is C18H28FN3O. The van der Waals surface area contributed by atoms with Gasteiger partial charge in [-0.1, -0.05) is 18.2 Å². The summed E-state index contributed by atoms with van der Waals surface area (Å²) in [6, 6.07) is 7.04. The maximum absolute atomic E-state index is 13.6. The lowest BCUT2D eigenvalue weighted by Gasteiger charge is -2.36. The smallest absolute Gasteiger partial charge is 0.317 e. The van der Waals surface area contributed by atoms with Gasteiger partial charge < -0.3 is 15.1 Å². The fraction of sp³-hybridized carbons (Fsp3) is 0.611. The molecule has 23 heavy (non-hydrogen) atoms. The quantitative estimate of drug-likeness (QED) is 0.874. The van der Waals surface area contributed by atoms with E-state index < -0.39 is 0 Å². The Balaban J connectivity index is 1.81. The second kappa shape index (κ2) is 8.87. The SMILES string of the molecule is CN(C)CC[C@H]1CCCCN1C(=O)NCCc1ccccc1F. The van der Waals surface area contributed by atoms with E-state index in [1.54, 1.807) is 12.1 Å². The first-order valence-electron chi connectivity index (χ1n) is 8.50. The number of likely N-dealkylation sites (tertiary alicyclic amines) is 1. The predicted molar refractivity (Wildman–Crippen MR) is 91.0 cm³/mol. The number of halogens is 1. The van der Waals surface area contributed by atoms with Crippen LogP contribution in [0.4, 0.5) is 9.18 Å². The predicted octanol–water partition coefficient (Wildman–Crippen LogP) is 2.88. The second-order valence-corrected chi connectivity index (χ2v) is 6.51. The zero-order valence-electron chi connectivity index (χ0n) is 14.2. The molecule has 1 N–H and O–H groups in total. The molecule has 0 aromatic heterocycles. The van der Waals surface area contributed by atoms with Crippen molar-refractivity contribution in [3.8, 4) is 0 Å². The van der Waals surface area contributed by atoms with Gasteiger partial charge in [-0.3, -0.25) is 0 Å². The number of rotatable bonds is 6. The highest BCUT2D eigenvalue weighted by Crippen LogP contribution is 2.20. The third-order valence-electron chi connectivity index (χ3n) is 4.43. The van der Waals surface area contributed by atoms with Gasteiger partial charge in [0.25, 0.3) is 0 Å². The van der Waals surface area contributed by atoms with Crippen LogP contribution < -0.4 is 5.32 Å². The van der Waals surface area contributed by atoms with E-state index in [1.165, 1.54) is 12.5 Å². The molecule has 1 aliphatic rings. The van der Waals surface area contributed by atoms with Crippen LogP contribution in [0.5, 0.6) is 0 Å². The van der Waals surface area contributed by atoms with Crippen molar-refractivity contribution < 1.29 is 9.18 Å². The fourth-order valence-corrected chi connectivity index (χ4v) is 3.08. The van der Waals surface area contributed by atoms with E-state index in [0.717, 1.165) is 32.4 Å². The maximum Gasteiger partial charge on any atom is 0.317 e. The van der Waals surface area contributed by atoms with E-state index in [1.807, 2.05) is 11.0 Å². The Bertz CT molecular complexity index is 507. The van der Waals surface area contributed by atoms with Crippen molar-refractivity contribution in [1.82, 2.24) is 15.1 Å². The first-order valence-corrected chi connectivity index (χ1v) is 8.50. The Morgan fingerprint density at radius 3 is 2.87 bits per heavy atom. The summed E-state index contributed by atoms with van der Waals surface area (Å²) in [4.78, 5) is 16.6. The standard InChI is InChI=1S/C18H28FN3O/c1-21(2)14-11-16-8-5-6-13-22(16)18(23)20-12-10-15-7-3-4-9-17(15)19/h3-4,7,9,16H,5-6,8,10-14H2,1-2H3,(H,20,23)/t16-/m1/s1. The molecule has 2 rings (SSSR count). The van der Waals surface area contributed by atoms with Crippen LogP contribution in [-0.2, 0) is 6.42 Å². The van der Waals surface area contributed by atoms with Gasteiger partial charge in [-0.2, -0.15) is 0 Å². The molecule has 4 nitrogen and oxygen atoms in total. The highest BCUT2D eigenvalue weighted by molar-refractivity contribution is 5.74. The van der Waals surface area contributed by atoms with Crippen LogP contribution in [-0.4, -0.2) is 55.6 Å². The molecule has 0 aliphatic carbocycles. The first-order chi connectivity index (χ1) is 11.1. The van der Waals surface area contributed by atoms with Gasteiger partial charge in [-0.15, -0.1) is 0 Å². The lowest BCUT2D eigenvalue weighted by molar-refractivity contribution is 0.141. The number of nitrogens with one attached hydrogen (secondary N) is 1. The van der Waals surface area contributed by atoms with E-state index in [2.05, 4.69) is 24.3 Å². The van der Waals surface area contributed by atoms with Gasteiger partial charge in [-0.05, 0) is 64.4 Å². The first kappa shape index (κ1) is 17.7. The van der Waals surface area contributed by atoms with Gasteiger partial charge in [0.15, 0.2) is 0 Å². The van der Waals surface area contributed by atoms with E-state index in [9.17, 15) is 9.18 Å². The summed E-state index contributed by atoms with van der Waals surface area (Å²) < 4.78 is 13.6. The van der Waals surface area contributed by atoms with E-state index in [-0.39, 0.29) is 11.8 Å². The lowest BCUT2D eigenvalue weighted by Crippen LogP contribution is -2.49. The van der Waals surface area contributed by atoms with Crippen LogP contribution >= 0.6 is 0 Å². The molecule has 1 saturated heterocycles. The third-order valence-corrected chi connectivity index (χ3v) is 4.43. The monoisotopic (exact) mass is 321 g/mol. The summed E-state index contributed by atoms with van der Waals surface area (Å²) >= 11 is 0. The molecule has 1 aromatic carbocycles. The molecule has 5 heteroatoms. The zero-order chi connectivity index (χ0) is 16.7. The minimum Gasteiger partial charge on any atom is -0.338 e. The largest absolute Gasteiger partial charge is 0.338 e. The number of benzene rings is 1. The molecule has 1 aliphatic heterocycles. The Labute approximate surface area is 138 Å². The Morgan fingerprint density at radius 1 is 1.35 bits per heavy atom. The van der Waals surface area contributed by atoms with Gasteiger partial charge in [-0.25, -0.2) is 9.18 Å². The average Bonchev–Trinajstić information content (AvgIpc) is 2.55. The van der Waals surface area contributed by atoms with Gasteiger partial charge in [0.2, 0.25) is 0 Å². The number of piperidine rings is 1. The Hall–Kier alpha value is -1.62. The van der Waals surface area contributed by atoms with Crippen molar-refractivity contribution in [2.45, 2.75) is 38.1 Å². The second-order valence-electron chi connectivity index (χ2n) is 6.51. The highest BCUT2D eigenvalue weighted by atomic mass is 19.1. The molecular weight excluding hydrogens is 293 g/mol. The molecule has 0 unspecified atom stereocenters. The van der Waals surface area contributed by atoms with Crippen LogP contribution in [0.3, 0.4) is 0 Å². The van der Waals surface area contributed by atoms with Crippen molar-refractivity contribution in [2.75, 3.05) is 33.7 Å². The van der Waals surface area contributed by atoms with Crippen molar-refractivity contribution in [3.63, 3.8) is 0 Å². The summed E-state index contributed by atoms with van der Waals surface area (Å²) in [5.74, 6) is -0.205. The van der Waals surface area contributed by atoms with Crippen molar-refractivity contribution >= 4 is 6.03 Å². The fourth-order valence-electron chi connectivity index (χ4n) is 3.08. The molecule has 1 atom stereocenters. The minimum absolute atomic E-state index is 0.00945. The normalized spacial score (nSPS) is 18.3. The summed E-state index contributed by atoms with van der Waals surface area (Å²) in [6.07, 6.45) is 4.87. The zero-order valence-corrected chi connectivity index (χ0v) is 14.2. The number of nitrogens with zero attached hydrogens (tertiary/aromatic N) is 2. The van der Waals surface area contributed by atoms with Crippen molar-refractivity contribution in [1.29, 1.82) is 0 Å². The summed E-state index contributed by atoms with van der Waals surface area (Å²) in [5, 5.41) is 2.95. The Morgan fingerprint density at radius 2 is 2.13 bits per heavy atom. The molecule has 0 radical (unpaired) electrons. The summed E-state index contributed by atoms with van der Waals surface area (Å²) in [5.41, 5.74) is 0.649. The van der Waals surface area contributed by atoms with Crippen LogP contribution in [0.1, 0.15) is 31.2 Å². The van der Waals surface area contributed by atoms with Crippen molar-refractivity contribution in [3.05, 3.63) is 35.6 Å². The maximum atomic E-state index is 13.6. The average molecular weight is 321 g/mol. The molecule has 1 aromatic rings. The molecule has 1 fully saturated rings. The number of carbonyl (C=O) groups excluding carboxylic acids is 1. The van der Waals surface area contributed by atoms with Crippen LogP contribution in [0.15, 0.2) is 24.3 Å². The highest BCUT2D eigenvalue weighted by Gasteiger charge is 2.26. The van der Waals surface area contributed by atoms with Gasteiger partial charge in [0.05, 0.1) is 0 Å². The van der Waals surface area contributed by atoms with Crippen LogP contribution in [0.2, 0.25) is 0 Å². The summed E-state index contributed by atoms with van der Waals surface area (Å²) in [6.45, 7) is 2.28. The minimum atomic E-state index is -0.205. The third kappa shape index (κ3) is 5.50. The van der Waals surface area contributed by atoms with Crippen LogP contribution in [0.25, 0.3) is 0 Å². The van der Waals surface area contributed by atoms with E-state index >= 15 is 0 Å². The van der Waals surface area contributed by atoms with Gasteiger partial charge in [0.1, 0.15) is 5.82 Å². The Kier molecular flexibility index (Phi) is 6.84. The number of amides is 2. The number of hydrogen-bond acceptors (Lipinski definition) is 2. The molecule has 2 amide bonds. The number of carbonyl (C=O) groups is 1. The number of urea groups is 1. The van der Waals surface area contributed by atoms with E-state index in [4.69, 9.17) is 0 Å². The van der Waals surface area contributed by atoms with Crippen LogP contribution in [0, 0.1) is 5.82 Å². The summed E-state index contributed by atoms with van der Waals surface area (Å²) in [7, 11) is 4.11. The lowest BCUT2D eigenvalue weighted by atomic mass is 9.99. The van der Waals surface area contributed by atoms with Gasteiger partial charge in [0, 0.05) is 19.1 Å².